The van der Waals surface area contributed by atoms with Gasteiger partial charge in [0.15, 0.2) is 13.9 Å². The molecule has 1 saturated heterocycles. The van der Waals surface area contributed by atoms with E-state index in [4.69, 9.17) is 37.5 Å². The third-order valence-corrected chi connectivity index (χ3v) is 14.4. The average molecular weight is 707 g/mol. The third kappa shape index (κ3) is 7.78. The highest BCUT2D eigenvalue weighted by Crippen LogP contribution is 2.41. The van der Waals surface area contributed by atoms with Crippen LogP contribution in [0, 0.1) is 5.92 Å². The van der Waals surface area contributed by atoms with E-state index in [9.17, 15) is 4.79 Å². The van der Waals surface area contributed by atoms with Crippen LogP contribution in [0.5, 0.6) is 23.0 Å². The fraction of sp³-hybridized carbons (Fsp3) is 0.486. The molecule has 0 amide bonds. The lowest BCUT2D eigenvalue weighted by atomic mass is 9.94. The van der Waals surface area contributed by atoms with Crippen molar-refractivity contribution in [3.05, 3.63) is 59.9 Å². The molecule has 2 aromatic heterocycles. The largest absolute Gasteiger partial charge is 0.497 e. The SMILES string of the molecule is COC(=O)C1CN(c2cncc3nc(N(Cc4ccc(OC)cc4OC)Cc4ccc(OC)cc4OC)oc23)CCC1O[Si](C)(C)C(C)(C)C. The number of fused-ring (bicyclic) bond motifs is 1. The molecule has 3 heterocycles. The smallest absolute Gasteiger partial charge is 0.313 e. The highest BCUT2D eigenvalue weighted by atomic mass is 28.4. The Kier molecular flexibility index (Phi) is 11.2. The monoisotopic (exact) mass is 706 g/mol. The number of rotatable bonds is 13. The van der Waals surface area contributed by atoms with Crippen LogP contribution in [0.4, 0.5) is 11.7 Å². The van der Waals surface area contributed by atoms with E-state index in [0.29, 0.717) is 72.7 Å². The van der Waals surface area contributed by atoms with Crippen molar-refractivity contribution in [1.29, 1.82) is 0 Å². The molecule has 0 spiro atoms. The molecule has 4 aromatic rings. The van der Waals surface area contributed by atoms with Crippen molar-refractivity contribution >= 4 is 37.1 Å². The summed E-state index contributed by atoms with van der Waals surface area (Å²) in [5.41, 5.74) is 3.75. The van der Waals surface area contributed by atoms with Gasteiger partial charge in [0.2, 0.25) is 0 Å². The van der Waals surface area contributed by atoms with Gasteiger partial charge in [-0.05, 0) is 48.8 Å². The first kappa shape index (κ1) is 36.8. The maximum atomic E-state index is 13.2. The van der Waals surface area contributed by atoms with Crippen molar-refractivity contribution < 1.29 is 37.3 Å². The van der Waals surface area contributed by atoms with Crippen LogP contribution in [0.15, 0.2) is 53.2 Å². The van der Waals surface area contributed by atoms with Crippen molar-refractivity contribution in [2.75, 3.05) is 58.4 Å². The Hall–Kier alpha value is -4.49. The Morgan fingerprint density at radius 3 is 2.04 bits per heavy atom. The summed E-state index contributed by atoms with van der Waals surface area (Å²) in [6, 6.07) is 11.8. The summed E-state index contributed by atoms with van der Waals surface area (Å²) in [5.74, 6) is 1.97. The number of anilines is 2. The number of piperidine rings is 1. The lowest BCUT2D eigenvalue weighted by Crippen LogP contribution is -2.53. The van der Waals surface area contributed by atoms with Gasteiger partial charge < -0.3 is 42.3 Å². The minimum atomic E-state index is -2.14. The number of oxazole rings is 1. The summed E-state index contributed by atoms with van der Waals surface area (Å²) in [4.78, 5) is 26.8. The molecule has 0 bridgehead atoms. The van der Waals surface area contributed by atoms with Gasteiger partial charge in [0.05, 0.1) is 73.1 Å². The average Bonchev–Trinajstić information content (AvgIpc) is 3.55. The van der Waals surface area contributed by atoms with Crippen LogP contribution in [-0.4, -0.2) is 79.0 Å². The second-order valence-electron chi connectivity index (χ2n) is 14.0. The zero-order valence-electron chi connectivity index (χ0n) is 30.9. The Morgan fingerprint density at radius 2 is 1.52 bits per heavy atom. The number of methoxy groups -OCH3 is 5. The van der Waals surface area contributed by atoms with E-state index in [1.807, 2.05) is 41.3 Å². The van der Waals surface area contributed by atoms with Gasteiger partial charge in [-0.2, -0.15) is 4.98 Å². The van der Waals surface area contributed by atoms with Crippen LogP contribution in [0.3, 0.4) is 0 Å². The Bertz CT molecular complexity index is 1730. The molecular weight excluding hydrogens is 657 g/mol. The normalized spacial score (nSPS) is 16.6. The van der Waals surface area contributed by atoms with Crippen molar-refractivity contribution in [2.45, 2.75) is 64.5 Å². The van der Waals surface area contributed by atoms with Gasteiger partial charge in [0.25, 0.3) is 6.01 Å². The first-order chi connectivity index (χ1) is 23.8. The quantitative estimate of drug-likeness (QED) is 0.107. The minimum absolute atomic E-state index is 0.00804. The van der Waals surface area contributed by atoms with E-state index in [-0.39, 0.29) is 17.1 Å². The second kappa shape index (κ2) is 15.2. The van der Waals surface area contributed by atoms with Gasteiger partial charge in [-0.3, -0.25) is 9.78 Å². The van der Waals surface area contributed by atoms with Gasteiger partial charge in [-0.15, -0.1) is 0 Å². The molecule has 13 heteroatoms. The number of nitrogens with zero attached hydrogens (tertiary/aromatic N) is 4. The summed E-state index contributed by atoms with van der Waals surface area (Å²) in [6.45, 7) is 12.9. The molecule has 0 radical (unpaired) electrons. The molecule has 5 rings (SSSR count). The van der Waals surface area contributed by atoms with E-state index in [0.717, 1.165) is 16.8 Å². The van der Waals surface area contributed by atoms with Gasteiger partial charge in [0.1, 0.15) is 34.2 Å². The second-order valence-corrected chi connectivity index (χ2v) is 18.8. The molecule has 2 unspecified atom stereocenters. The molecule has 0 aliphatic carbocycles. The molecule has 270 valence electrons. The van der Waals surface area contributed by atoms with Crippen molar-refractivity contribution in [3.8, 4) is 23.0 Å². The fourth-order valence-corrected chi connectivity index (χ4v) is 7.37. The summed E-state index contributed by atoms with van der Waals surface area (Å²) in [6.07, 6.45) is 3.87. The zero-order chi connectivity index (χ0) is 36.2. The first-order valence-electron chi connectivity index (χ1n) is 16.7. The molecule has 2 aromatic carbocycles. The maximum absolute atomic E-state index is 13.2. The number of aromatic nitrogens is 2. The summed E-state index contributed by atoms with van der Waals surface area (Å²) >= 11 is 0. The van der Waals surface area contributed by atoms with Crippen LogP contribution in [0.25, 0.3) is 11.1 Å². The summed E-state index contributed by atoms with van der Waals surface area (Å²) < 4.78 is 41.1. The summed E-state index contributed by atoms with van der Waals surface area (Å²) in [5, 5.41) is 0.00804. The molecule has 1 aliphatic rings. The lowest BCUT2D eigenvalue weighted by Gasteiger charge is -2.44. The van der Waals surface area contributed by atoms with E-state index < -0.39 is 14.2 Å². The predicted octanol–water partition coefficient (Wildman–Crippen LogP) is 6.85. The van der Waals surface area contributed by atoms with Crippen molar-refractivity contribution in [3.63, 3.8) is 0 Å². The van der Waals surface area contributed by atoms with Crippen LogP contribution in [0.1, 0.15) is 38.3 Å². The van der Waals surface area contributed by atoms with Gasteiger partial charge in [0, 0.05) is 36.3 Å². The Labute approximate surface area is 295 Å². The number of carbonyl (C=O) groups excluding carboxylic acids is 1. The molecular formula is C37H50N4O8Si. The van der Waals surface area contributed by atoms with Gasteiger partial charge >= 0.3 is 5.97 Å². The van der Waals surface area contributed by atoms with Crippen LogP contribution in [0.2, 0.25) is 18.1 Å². The van der Waals surface area contributed by atoms with Crippen LogP contribution >= 0.6 is 0 Å². The highest BCUT2D eigenvalue weighted by Gasteiger charge is 2.44. The number of pyridine rings is 1. The summed E-state index contributed by atoms with van der Waals surface area (Å²) in [7, 11) is 5.80. The molecule has 0 N–H and O–H groups in total. The van der Waals surface area contributed by atoms with Crippen molar-refractivity contribution in [1.82, 2.24) is 9.97 Å². The van der Waals surface area contributed by atoms with E-state index >= 15 is 0 Å². The first-order valence-corrected chi connectivity index (χ1v) is 19.6. The topological polar surface area (TPSA) is 118 Å². The Morgan fingerprint density at radius 1 is 0.920 bits per heavy atom. The number of carbonyl (C=O) groups is 1. The van der Waals surface area contributed by atoms with Gasteiger partial charge in [-0.1, -0.05) is 20.8 Å². The molecule has 1 fully saturated rings. The minimum Gasteiger partial charge on any atom is -0.497 e. The Balaban J connectivity index is 1.51. The van der Waals surface area contributed by atoms with Crippen molar-refractivity contribution in [2.24, 2.45) is 5.92 Å². The number of ether oxygens (including phenoxy) is 5. The maximum Gasteiger partial charge on any atom is 0.313 e. The number of esters is 1. The molecule has 0 saturated carbocycles. The number of benzene rings is 2. The van der Waals surface area contributed by atoms with Crippen LogP contribution < -0.4 is 28.7 Å². The van der Waals surface area contributed by atoms with E-state index in [1.54, 1.807) is 40.8 Å². The van der Waals surface area contributed by atoms with Crippen LogP contribution in [-0.2, 0) is 27.0 Å². The fourth-order valence-electron chi connectivity index (χ4n) is 5.98. The third-order valence-electron chi connectivity index (χ3n) is 9.90. The van der Waals surface area contributed by atoms with E-state index in [2.05, 4.69) is 43.7 Å². The highest BCUT2D eigenvalue weighted by molar-refractivity contribution is 6.74. The predicted molar refractivity (Wildman–Crippen MR) is 195 cm³/mol. The molecule has 1 aliphatic heterocycles. The lowest BCUT2D eigenvalue weighted by molar-refractivity contribution is -0.149. The molecule has 12 nitrogen and oxygen atoms in total. The standard InChI is InChI=1S/C37H50N4O8Si/c1-37(2,3)50(9,10)49-31-15-16-40(23-28(31)35(42)47-8)30-20-38-19-29-34(30)48-36(39-29)41(21-24-11-13-26(43-4)17-32(24)45-6)22-25-12-14-27(44-5)18-33(25)46-7/h11-14,17-20,28,31H,15-16,21-23H2,1-10H3. The number of hydrogen-bond donors (Lipinski definition) is 0. The van der Waals surface area contributed by atoms with E-state index in [1.165, 1.54) is 7.11 Å². The molecule has 50 heavy (non-hydrogen) atoms. The zero-order valence-corrected chi connectivity index (χ0v) is 31.9. The number of hydrogen-bond acceptors (Lipinski definition) is 12. The van der Waals surface area contributed by atoms with Gasteiger partial charge in [-0.25, -0.2) is 0 Å². The molecule has 2 atom stereocenters.